The molecule has 1 aromatic heterocycles. The lowest BCUT2D eigenvalue weighted by atomic mass is 10.1. The quantitative estimate of drug-likeness (QED) is 0.876. The van der Waals surface area contributed by atoms with Crippen LogP contribution in [0.1, 0.15) is 24.0 Å². The van der Waals surface area contributed by atoms with E-state index in [2.05, 4.69) is 10.2 Å². The lowest BCUT2D eigenvalue weighted by molar-refractivity contribution is 0.563. The van der Waals surface area contributed by atoms with E-state index in [0.29, 0.717) is 12.6 Å². The predicted octanol–water partition coefficient (Wildman–Crippen LogP) is 3.31. The molecule has 20 heavy (non-hydrogen) atoms. The number of halogens is 1. The van der Waals surface area contributed by atoms with E-state index in [0.717, 1.165) is 23.4 Å². The molecule has 1 aliphatic rings. The van der Waals surface area contributed by atoms with Crippen molar-refractivity contribution >= 4 is 5.69 Å². The van der Waals surface area contributed by atoms with Gasteiger partial charge < -0.3 is 14.6 Å². The zero-order valence-electron chi connectivity index (χ0n) is 11.6. The van der Waals surface area contributed by atoms with E-state index in [4.69, 9.17) is 4.42 Å². The average Bonchev–Trinajstić information content (AvgIpc) is 3.13. The van der Waals surface area contributed by atoms with E-state index in [1.165, 1.54) is 18.9 Å². The summed E-state index contributed by atoms with van der Waals surface area (Å²) in [7, 11) is 2.01. The molecule has 0 unspecified atom stereocenters. The normalized spacial score (nSPS) is 14.5. The molecule has 0 amide bonds. The first-order valence-electron chi connectivity index (χ1n) is 6.96. The van der Waals surface area contributed by atoms with Crippen LogP contribution >= 0.6 is 0 Å². The SMILES string of the molecule is CN(Cc1ccoc1)c1ccc(F)cc1CNC1CC1. The molecule has 3 nitrogen and oxygen atoms in total. The fraction of sp³-hybridized carbons (Fsp3) is 0.375. The van der Waals surface area contributed by atoms with Gasteiger partial charge in [0.2, 0.25) is 0 Å². The number of anilines is 1. The molecular formula is C16H19FN2O. The zero-order chi connectivity index (χ0) is 13.9. The van der Waals surface area contributed by atoms with Crippen molar-refractivity contribution in [3.63, 3.8) is 0 Å². The third kappa shape index (κ3) is 3.20. The van der Waals surface area contributed by atoms with Gasteiger partial charge in [-0.05, 0) is 42.7 Å². The predicted molar refractivity (Wildman–Crippen MR) is 77.1 cm³/mol. The second-order valence-electron chi connectivity index (χ2n) is 5.42. The summed E-state index contributed by atoms with van der Waals surface area (Å²) in [5.74, 6) is -0.182. The van der Waals surface area contributed by atoms with E-state index in [1.807, 2.05) is 19.2 Å². The largest absolute Gasteiger partial charge is 0.472 e. The summed E-state index contributed by atoms with van der Waals surface area (Å²) in [6.45, 7) is 1.46. The van der Waals surface area contributed by atoms with Crippen molar-refractivity contribution in [3.05, 3.63) is 53.7 Å². The van der Waals surface area contributed by atoms with Gasteiger partial charge in [-0.15, -0.1) is 0 Å². The summed E-state index contributed by atoms with van der Waals surface area (Å²) in [5, 5.41) is 3.44. The molecule has 1 aliphatic carbocycles. The van der Waals surface area contributed by atoms with Gasteiger partial charge in [0.1, 0.15) is 5.82 Å². The number of nitrogens with zero attached hydrogens (tertiary/aromatic N) is 1. The minimum absolute atomic E-state index is 0.182. The number of benzene rings is 1. The van der Waals surface area contributed by atoms with Gasteiger partial charge in [0.05, 0.1) is 12.5 Å². The summed E-state index contributed by atoms with van der Waals surface area (Å²) in [6.07, 6.45) is 5.87. The van der Waals surface area contributed by atoms with Crippen molar-refractivity contribution in [2.24, 2.45) is 0 Å². The number of hydrogen-bond donors (Lipinski definition) is 1. The van der Waals surface area contributed by atoms with Gasteiger partial charge in [-0.25, -0.2) is 4.39 Å². The first kappa shape index (κ1) is 13.2. The van der Waals surface area contributed by atoms with Crippen molar-refractivity contribution in [2.75, 3.05) is 11.9 Å². The number of hydrogen-bond acceptors (Lipinski definition) is 3. The highest BCUT2D eigenvalue weighted by atomic mass is 19.1. The Balaban J connectivity index is 1.75. The Bertz CT molecular complexity index is 564. The zero-order valence-corrected chi connectivity index (χ0v) is 11.6. The van der Waals surface area contributed by atoms with Gasteiger partial charge in [0.25, 0.3) is 0 Å². The van der Waals surface area contributed by atoms with E-state index in [-0.39, 0.29) is 5.82 Å². The Morgan fingerprint density at radius 2 is 2.20 bits per heavy atom. The topological polar surface area (TPSA) is 28.4 Å². The number of furan rings is 1. The Kier molecular flexibility index (Phi) is 3.74. The lowest BCUT2D eigenvalue weighted by Gasteiger charge is -2.22. The molecule has 0 radical (unpaired) electrons. The summed E-state index contributed by atoms with van der Waals surface area (Å²) >= 11 is 0. The van der Waals surface area contributed by atoms with E-state index >= 15 is 0 Å². The summed E-state index contributed by atoms with van der Waals surface area (Å²) in [6, 6.07) is 7.55. The summed E-state index contributed by atoms with van der Waals surface area (Å²) in [4.78, 5) is 2.12. The third-order valence-electron chi connectivity index (χ3n) is 3.61. The molecule has 1 heterocycles. The number of rotatable bonds is 6. The van der Waals surface area contributed by atoms with E-state index in [1.54, 1.807) is 18.6 Å². The van der Waals surface area contributed by atoms with Crippen LogP contribution in [0.15, 0.2) is 41.2 Å². The third-order valence-corrected chi connectivity index (χ3v) is 3.61. The summed E-state index contributed by atoms with van der Waals surface area (Å²) in [5.41, 5.74) is 3.17. The van der Waals surface area contributed by atoms with Crippen LogP contribution in [0, 0.1) is 5.82 Å². The van der Waals surface area contributed by atoms with Gasteiger partial charge in [0.15, 0.2) is 0 Å². The van der Waals surface area contributed by atoms with Crippen LogP contribution in [0.25, 0.3) is 0 Å². The van der Waals surface area contributed by atoms with E-state index in [9.17, 15) is 4.39 Å². The number of nitrogens with one attached hydrogen (secondary N) is 1. The lowest BCUT2D eigenvalue weighted by Crippen LogP contribution is -2.21. The Morgan fingerprint density at radius 3 is 2.90 bits per heavy atom. The molecule has 0 saturated heterocycles. The highest BCUT2D eigenvalue weighted by Crippen LogP contribution is 2.25. The van der Waals surface area contributed by atoms with Crippen molar-refractivity contribution in [1.29, 1.82) is 0 Å². The molecule has 0 aliphatic heterocycles. The molecule has 0 bridgehead atoms. The van der Waals surface area contributed by atoms with Gasteiger partial charge in [-0.1, -0.05) is 0 Å². The van der Waals surface area contributed by atoms with Gasteiger partial charge >= 0.3 is 0 Å². The minimum Gasteiger partial charge on any atom is -0.472 e. The highest BCUT2D eigenvalue weighted by Gasteiger charge is 2.21. The van der Waals surface area contributed by atoms with Crippen molar-refractivity contribution in [1.82, 2.24) is 5.32 Å². The van der Waals surface area contributed by atoms with Crippen LogP contribution in [-0.2, 0) is 13.1 Å². The molecule has 1 fully saturated rings. The molecular weight excluding hydrogens is 255 g/mol. The van der Waals surface area contributed by atoms with Crippen molar-refractivity contribution < 1.29 is 8.81 Å². The molecule has 1 saturated carbocycles. The summed E-state index contributed by atoms with van der Waals surface area (Å²) < 4.78 is 18.6. The first-order chi connectivity index (χ1) is 9.72. The van der Waals surface area contributed by atoms with Gasteiger partial charge in [-0.3, -0.25) is 0 Å². The average molecular weight is 274 g/mol. The van der Waals surface area contributed by atoms with Crippen LogP contribution in [0.2, 0.25) is 0 Å². The van der Waals surface area contributed by atoms with Crippen molar-refractivity contribution in [2.45, 2.75) is 32.0 Å². The van der Waals surface area contributed by atoms with Crippen LogP contribution in [0.3, 0.4) is 0 Å². The Morgan fingerprint density at radius 1 is 1.35 bits per heavy atom. The molecule has 4 heteroatoms. The Labute approximate surface area is 118 Å². The minimum atomic E-state index is -0.182. The van der Waals surface area contributed by atoms with Crippen LogP contribution < -0.4 is 10.2 Å². The molecule has 0 atom stereocenters. The molecule has 2 aromatic rings. The van der Waals surface area contributed by atoms with E-state index < -0.39 is 0 Å². The molecule has 1 N–H and O–H groups in total. The molecule has 1 aromatic carbocycles. The van der Waals surface area contributed by atoms with Crippen LogP contribution in [-0.4, -0.2) is 13.1 Å². The van der Waals surface area contributed by atoms with Crippen molar-refractivity contribution in [3.8, 4) is 0 Å². The first-order valence-corrected chi connectivity index (χ1v) is 6.96. The maximum Gasteiger partial charge on any atom is 0.123 e. The second kappa shape index (κ2) is 5.67. The smallest absolute Gasteiger partial charge is 0.123 e. The monoisotopic (exact) mass is 274 g/mol. The Hall–Kier alpha value is -1.81. The van der Waals surface area contributed by atoms with Gasteiger partial charge in [-0.2, -0.15) is 0 Å². The molecule has 106 valence electrons. The van der Waals surface area contributed by atoms with Crippen LogP contribution in [0.5, 0.6) is 0 Å². The maximum absolute atomic E-state index is 13.5. The van der Waals surface area contributed by atoms with Gasteiger partial charge in [0, 0.05) is 37.4 Å². The molecule has 3 rings (SSSR count). The highest BCUT2D eigenvalue weighted by molar-refractivity contribution is 5.53. The second-order valence-corrected chi connectivity index (χ2v) is 5.42. The fourth-order valence-electron chi connectivity index (χ4n) is 2.35. The van der Waals surface area contributed by atoms with Crippen LogP contribution in [0.4, 0.5) is 10.1 Å². The standard InChI is InChI=1S/C16H19FN2O/c1-19(10-12-6-7-20-11-12)16-5-2-14(17)8-13(16)9-18-15-3-4-15/h2,5-8,11,15,18H,3-4,9-10H2,1H3. The molecule has 0 spiro atoms. The fourth-order valence-corrected chi connectivity index (χ4v) is 2.35. The maximum atomic E-state index is 13.5.